The fourth-order valence-electron chi connectivity index (χ4n) is 2.06. The molecule has 1 aliphatic carbocycles. The highest BCUT2D eigenvalue weighted by Crippen LogP contribution is 2.36. The number of carboxylic acid groups (broad SMARTS) is 1. The minimum absolute atomic E-state index is 0.273. The highest BCUT2D eigenvalue weighted by molar-refractivity contribution is 5.79. The summed E-state index contributed by atoms with van der Waals surface area (Å²) in [5.74, 6) is -0.674. The first-order valence-electron chi connectivity index (χ1n) is 5.16. The smallest absolute Gasteiger partial charge is 0.327 e. The Morgan fingerprint density at radius 2 is 2.29 bits per heavy atom. The molecule has 80 valence electrons. The molecule has 2 unspecified atom stereocenters. The Labute approximate surface area is 84.4 Å². The monoisotopic (exact) mass is 198 g/mol. The van der Waals surface area contributed by atoms with E-state index in [0.717, 1.165) is 25.3 Å². The third-order valence-electron chi connectivity index (χ3n) is 3.15. The van der Waals surface area contributed by atoms with Gasteiger partial charge in [-0.2, -0.15) is 0 Å². The van der Waals surface area contributed by atoms with E-state index in [2.05, 4.69) is 0 Å². The van der Waals surface area contributed by atoms with Crippen molar-refractivity contribution in [2.75, 3.05) is 0 Å². The highest BCUT2D eigenvalue weighted by atomic mass is 16.4. The van der Waals surface area contributed by atoms with Crippen molar-refractivity contribution >= 4 is 5.97 Å². The van der Waals surface area contributed by atoms with Gasteiger partial charge in [0.2, 0.25) is 0 Å². The van der Waals surface area contributed by atoms with Crippen LogP contribution in [0.25, 0.3) is 0 Å². The lowest BCUT2D eigenvalue weighted by Gasteiger charge is -2.37. The highest BCUT2D eigenvalue weighted by Gasteiger charge is 2.34. The van der Waals surface area contributed by atoms with E-state index in [4.69, 9.17) is 5.11 Å². The second kappa shape index (κ2) is 4.60. The average molecular weight is 198 g/mol. The van der Waals surface area contributed by atoms with E-state index in [1.54, 1.807) is 6.08 Å². The van der Waals surface area contributed by atoms with E-state index in [9.17, 15) is 9.90 Å². The zero-order valence-corrected chi connectivity index (χ0v) is 8.57. The first-order valence-corrected chi connectivity index (χ1v) is 5.16. The summed E-state index contributed by atoms with van der Waals surface area (Å²) in [7, 11) is 0. The molecule has 0 spiro atoms. The van der Waals surface area contributed by atoms with E-state index in [-0.39, 0.29) is 5.92 Å². The van der Waals surface area contributed by atoms with Crippen molar-refractivity contribution in [1.82, 2.24) is 0 Å². The van der Waals surface area contributed by atoms with Gasteiger partial charge in [0.05, 0.1) is 5.60 Å². The van der Waals surface area contributed by atoms with Gasteiger partial charge in [0.1, 0.15) is 0 Å². The van der Waals surface area contributed by atoms with Crippen molar-refractivity contribution in [3.63, 3.8) is 0 Å². The summed E-state index contributed by atoms with van der Waals surface area (Å²) in [6.07, 6.45) is 7.17. The van der Waals surface area contributed by atoms with Crippen LogP contribution in [0.15, 0.2) is 12.2 Å². The normalized spacial score (nSPS) is 33.4. The van der Waals surface area contributed by atoms with Crippen molar-refractivity contribution in [2.24, 2.45) is 5.92 Å². The fourth-order valence-corrected chi connectivity index (χ4v) is 2.06. The summed E-state index contributed by atoms with van der Waals surface area (Å²) >= 11 is 0. The molecule has 0 bridgehead atoms. The summed E-state index contributed by atoms with van der Waals surface area (Å²) in [5.41, 5.74) is -0.676. The SMILES string of the molecule is CC1CCCCC1(O)C/C=C/C(=O)O. The molecule has 2 N–H and O–H groups in total. The van der Waals surface area contributed by atoms with Gasteiger partial charge in [-0.15, -0.1) is 0 Å². The lowest BCUT2D eigenvalue weighted by molar-refractivity contribution is -0.131. The van der Waals surface area contributed by atoms with E-state index < -0.39 is 11.6 Å². The lowest BCUT2D eigenvalue weighted by atomic mass is 9.74. The number of aliphatic carboxylic acids is 1. The molecule has 1 saturated carbocycles. The van der Waals surface area contributed by atoms with Gasteiger partial charge in [0, 0.05) is 6.08 Å². The summed E-state index contributed by atoms with van der Waals surface area (Å²) in [5, 5.41) is 18.6. The second-order valence-electron chi connectivity index (χ2n) is 4.20. The van der Waals surface area contributed by atoms with Crippen LogP contribution in [-0.2, 0) is 4.79 Å². The summed E-state index contributed by atoms with van der Waals surface area (Å²) < 4.78 is 0. The zero-order valence-electron chi connectivity index (χ0n) is 8.57. The van der Waals surface area contributed by atoms with Crippen LogP contribution in [0.2, 0.25) is 0 Å². The number of carboxylic acids is 1. The summed E-state index contributed by atoms with van der Waals surface area (Å²) in [6, 6.07) is 0. The van der Waals surface area contributed by atoms with Gasteiger partial charge in [-0.25, -0.2) is 4.79 Å². The maximum Gasteiger partial charge on any atom is 0.327 e. The van der Waals surface area contributed by atoms with E-state index >= 15 is 0 Å². The van der Waals surface area contributed by atoms with Crippen LogP contribution in [0.3, 0.4) is 0 Å². The number of rotatable bonds is 3. The lowest BCUT2D eigenvalue weighted by Crippen LogP contribution is -2.38. The molecule has 3 nitrogen and oxygen atoms in total. The third kappa shape index (κ3) is 2.84. The topological polar surface area (TPSA) is 57.5 Å². The van der Waals surface area contributed by atoms with Crippen molar-refractivity contribution in [3.8, 4) is 0 Å². The van der Waals surface area contributed by atoms with Crippen LogP contribution in [0.1, 0.15) is 39.0 Å². The standard InChI is InChI=1S/C11H18O3/c1-9-5-2-3-7-11(9,14)8-4-6-10(12)13/h4,6,9,14H,2-3,5,7-8H2,1H3,(H,12,13)/b6-4+. The Kier molecular flexibility index (Phi) is 3.69. The Morgan fingerprint density at radius 1 is 1.57 bits per heavy atom. The molecular weight excluding hydrogens is 180 g/mol. The van der Waals surface area contributed by atoms with Crippen LogP contribution in [0.5, 0.6) is 0 Å². The minimum atomic E-state index is -0.947. The van der Waals surface area contributed by atoms with Crippen LogP contribution >= 0.6 is 0 Å². The number of carbonyl (C=O) groups is 1. The third-order valence-corrected chi connectivity index (χ3v) is 3.15. The maximum atomic E-state index is 10.3. The molecule has 1 aliphatic rings. The van der Waals surface area contributed by atoms with Crippen LogP contribution in [-0.4, -0.2) is 21.8 Å². The van der Waals surface area contributed by atoms with Crippen LogP contribution in [0.4, 0.5) is 0 Å². The van der Waals surface area contributed by atoms with Gasteiger partial charge in [0.15, 0.2) is 0 Å². The molecule has 0 amide bonds. The molecule has 0 aromatic heterocycles. The van der Waals surface area contributed by atoms with Crippen molar-refractivity contribution in [3.05, 3.63) is 12.2 Å². The summed E-state index contributed by atoms with van der Waals surface area (Å²) in [6.45, 7) is 2.04. The zero-order chi connectivity index (χ0) is 10.6. The number of hydrogen-bond donors (Lipinski definition) is 2. The number of aliphatic hydroxyl groups is 1. The molecule has 3 heteroatoms. The van der Waals surface area contributed by atoms with Crippen molar-refractivity contribution in [2.45, 2.75) is 44.6 Å². The van der Waals surface area contributed by atoms with Crippen molar-refractivity contribution < 1.29 is 15.0 Å². The molecule has 0 saturated heterocycles. The average Bonchev–Trinajstić information content (AvgIpc) is 2.10. The molecule has 0 radical (unpaired) electrons. The predicted molar refractivity (Wildman–Crippen MR) is 54.0 cm³/mol. The Morgan fingerprint density at radius 3 is 2.86 bits per heavy atom. The van der Waals surface area contributed by atoms with Gasteiger partial charge >= 0.3 is 5.97 Å². The second-order valence-corrected chi connectivity index (χ2v) is 4.20. The van der Waals surface area contributed by atoms with Crippen LogP contribution in [0, 0.1) is 5.92 Å². The first kappa shape index (κ1) is 11.2. The van der Waals surface area contributed by atoms with Crippen LogP contribution < -0.4 is 0 Å². The molecule has 0 aromatic carbocycles. The van der Waals surface area contributed by atoms with E-state index in [1.807, 2.05) is 6.92 Å². The molecule has 0 aliphatic heterocycles. The van der Waals surface area contributed by atoms with E-state index in [1.165, 1.54) is 6.42 Å². The quantitative estimate of drug-likeness (QED) is 0.681. The minimum Gasteiger partial charge on any atom is -0.478 e. The van der Waals surface area contributed by atoms with Gasteiger partial charge in [-0.1, -0.05) is 25.8 Å². The summed E-state index contributed by atoms with van der Waals surface area (Å²) in [4.78, 5) is 10.3. The molecule has 14 heavy (non-hydrogen) atoms. The van der Waals surface area contributed by atoms with Gasteiger partial charge in [-0.05, 0) is 25.2 Å². The van der Waals surface area contributed by atoms with Gasteiger partial charge in [-0.3, -0.25) is 0 Å². The predicted octanol–water partition coefficient (Wildman–Crippen LogP) is 1.96. The van der Waals surface area contributed by atoms with Gasteiger partial charge < -0.3 is 10.2 Å². The molecule has 0 heterocycles. The molecule has 1 rings (SSSR count). The Hall–Kier alpha value is -0.830. The van der Waals surface area contributed by atoms with Crippen molar-refractivity contribution in [1.29, 1.82) is 0 Å². The van der Waals surface area contributed by atoms with Gasteiger partial charge in [0.25, 0.3) is 0 Å². The first-order chi connectivity index (χ1) is 6.54. The molecular formula is C11H18O3. The number of hydrogen-bond acceptors (Lipinski definition) is 2. The molecule has 2 atom stereocenters. The maximum absolute atomic E-state index is 10.3. The largest absolute Gasteiger partial charge is 0.478 e. The Bertz CT molecular complexity index is 235. The van der Waals surface area contributed by atoms with E-state index in [0.29, 0.717) is 6.42 Å². The molecule has 0 aromatic rings. The molecule has 1 fully saturated rings. The fraction of sp³-hybridized carbons (Fsp3) is 0.727. The Balaban J connectivity index is 2.51.